The highest BCUT2D eigenvalue weighted by Crippen LogP contribution is 2.34. The van der Waals surface area contributed by atoms with E-state index in [9.17, 15) is 13.2 Å². The standard InChI is InChI=1S/C28H27F3N6/c29-28(30,31)22-11-13-23(14-12-22)35-26-24(32)27(34-19-33-26)37-17-15-36(16-18-37)25(20-7-3-1-4-8-20)21-9-5-2-6-10-21/h1-14,19,25H,15-18,32H2,(H,33,34,35). The Hall–Kier alpha value is -4.11. The van der Waals surface area contributed by atoms with Crippen LogP contribution in [0.15, 0.2) is 91.3 Å². The van der Waals surface area contributed by atoms with Gasteiger partial charge in [0.15, 0.2) is 11.6 Å². The fraction of sp³-hybridized carbons (Fsp3) is 0.214. The van der Waals surface area contributed by atoms with Gasteiger partial charge in [0, 0.05) is 31.9 Å². The second-order valence-electron chi connectivity index (χ2n) is 8.91. The van der Waals surface area contributed by atoms with Crippen LogP contribution in [0.25, 0.3) is 0 Å². The van der Waals surface area contributed by atoms with Crippen molar-refractivity contribution in [1.82, 2.24) is 14.9 Å². The van der Waals surface area contributed by atoms with Crippen molar-refractivity contribution in [3.05, 3.63) is 108 Å². The monoisotopic (exact) mass is 504 g/mol. The summed E-state index contributed by atoms with van der Waals surface area (Å²) < 4.78 is 38.6. The minimum atomic E-state index is -4.39. The number of anilines is 4. The van der Waals surface area contributed by atoms with Gasteiger partial charge in [-0.1, -0.05) is 60.7 Å². The molecule has 3 aromatic carbocycles. The van der Waals surface area contributed by atoms with Crippen LogP contribution in [0, 0.1) is 0 Å². The highest BCUT2D eigenvalue weighted by Gasteiger charge is 2.30. The zero-order chi connectivity index (χ0) is 25.8. The van der Waals surface area contributed by atoms with Crippen molar-refractivity contribution in [2.24, 2.45) is 0 Å². The van der Waals surface area contributed by atoms with Crippen molar-refractivity contribution in [3.8, 4) is 0 Å². The Morgan fingerprint density at radius 1 is 0.757 bits per heavy atom. The van der Waals surface area contributed by atoms with Gasteiger partial charge >= 0.3 is 6.18 Å². The number of hydrogen-bond donors (Lipinski definition) is 2. The molecule has 3 N–H and O–H groups in total. The van der Waals surface area contributed by atoms with Crippen LogP contribution < -0.4 is 16.0 Å². The summed E-state index contributed by atoms with van der Waals surface area (Å²) >= 11 is 0. The largest absolute Gasteiger partial charge is 0.416 e. The molecule has 0 atom stereocenters. The number of rotatable bonds is 6. The molecule has 4 aromatic rings. The van der Waals surface area contributed by atoms with E-state index in [1.165, 1.54) is 29.6 Å². The fourth-order valence-electron chi connectivity index (χ4n) is 4.69. The average molecular weight is 505 g/mol. The van der Waals surface area contributed by atoms with Crippen molar-refractivity contribution >= 4 is 23.0 Å². The number of hydrogen-bond acceptors (Lipinski definition) is 6. The number of halogens is 3. The van der Waals surface area contributed by atoms with E-state index in [-0.39, 0.29) is 6.04 Å². The lowest BCUT2D eigenvalue weighted by Crippen LogP contribution is -2.48. The maximum absolute atomic E-state index is 12.9. The summed E-state index contributed by atoms with van der Waals surface area (Å²) in [6.07, 6.45) is -2.97. The Morgan fingerprint density at radius 3 is 1.86 bits per heavy atom. The van der Waals surface area contributed by atoms with E-state index < -0.39 is 11.7 Å². The van der Waals surface area contributed by atoms with Gasteiger partial charge in [0.05, 0.1) is 11.6 Å². The van der Waals surface area contributed by atoms with Crippen molar-refractivity contribution < 1.29 is 13.2 Å². The molecule has 0 amide bonds. The molecule has 0 bridgehead atoms. The van der Waals surface area contributed by atoms with E-state index in [4.69, 9.17) is 5.73 Å². The molecule has 9 heteroatoms. The van der Waals surface area contributed by atoms with Gasteiger partial charge in [-0.3, -0.25) is 4.90 Å². The predicted molar refractivity (Wildman–Crippen MR) is 140 cm³/mol. The highest BCUT2D eigenvalue weighted by molar-refractivity contribution is 5.78. The van der Waals surface area contributed by atoms with Gasteiger partial charge in [-0.15, -0.1) is 0 Å². The normalized spacial score (nSPS) is 14.6. The average Bonchev–Trinajstić information content (AvgIpc) is 2.92. The van der Waals surface area contributed by atoms with Gasteiger partial charge in [0.25, 0.3) is 0 Å². The van der Waals surface area contributed by atoms with Gasteiger partial charge in [-0.25, -0.2) is 9.97 Å². The fourth-order valence-corrected chi connectivity index (χ4v) is 4.69. The van der Waals surface area contributed by atoms with Crippen molar-refractivity contribution in [1.29, 1.82) is 0 Å². The summed E-state index contributed by atoms with van der Waals surface area (Å²) in [5.74, 6) is 0.971. The first-order valence-electron chi connectivity index (χ1n) is 12.0. The number of nitrogens with zero attached hydrogens (tertiary/aromatic N) is 4. The van der Waals surface area contributed by atoms with E-state index in [1.807, 2.05) is 12.1 Å². The Labute approximate surface area is 213 Å². The van der Waals surface area contributed by atoms with E-state index in [1.54, 1.807) is 0 Å². The Balaban J connectivity index is 1.31. The zero-order valence-electron chi connectivity index (χ0n) is 20.1. The van der Waals surface area contributed by atoms with Crippen LogP contribution in [0.1, 0.15) is 22.7 Å². The summed E-state index contributed by atoms with van der Waals surface area (Å²) in [6.45, 7) is 3.05. The predicted octanol–water partition coefficient (Wildman–Crippen LogP) is 5.73. The minimum absolute atomic E-state index is 0.143. The molecule has 1 aliphatic heterocycles. The maximum Gasteiger partial charge on any atom is 0.416 e. The number of aromatic nitrogens is 2. The Morgan fingerprint density at radius 2 is 1.32 bits per heavy atom. The molecule has 1 aliphatic rings. The Kier molecular flexibility index (Phi) is 6.96. The molecule has 190 valence electrons. The summed E-state index contributed by atoms with van der Waals surface area (Å²) in [4.78, 5) is 13.2. The number of nitrogens with two attached hydrogens (primary N) is 1. The number of piperazine rings is 1. The molecule has 0 unspecified atom stereocenters. The second kappa shape index (κ2) is 10.5. The molecule has 6 nitrogen and oxygen atoms in total. The smallest absolute Gasteiger partial charge is 0.393 e. The van der Waals surface area contributed by atoms with E-state index in [2.05, 4.69) is 73.6 Å². The molecule has 1 saturated heterocycles. The third-order valence-corrected chi connectivity index (χ3v) is 6.55. The first kappa shape index (κ1) is 24.6. The molecule has 2 heterocycles. The number of benzene rings is 3. The summed E-state index contributed by atoms with van der Waals surface area (Å²) in [5.41, 5.74) is 9.01. The van der Waals surface area contributed by atoms with E-state index in [0.29, 0.717) is 23.0 Å². The number of nitrogen functional groups attached to an aromatic ring is 1. The lowest BCUT2D eigenvalue weighted by atomic mass is 9.96. The molecule has 0 radical (unpaired) electrons. The minimum Gasteiger partial charge on any atom is -0.393 e. The van der Waals surface area contributed by atoms with Crippen LogP contribution in [-0.2, 0) is 6.18 Å². The molecule has 37 heavy (non-hydrogen) atoms. The molecular formula is C28H27F3N6. The summed E-state index contributed by atoms with van der Waals surface area (Å²) in [7, 11) is 0. The van der Waals surface area contributed by atoms with Crippen LogP contribution in [0.4, 0.5) is 36.2 Å². The zero-order valence-corrected chi connectivity index (χ0v) is 20.1. The lowest BCUT2D eigenvalue weighted by Gasteiger charge is -2.40. The van der Waals surface area contributed by atoms with Crippen LogP contribution >= 0.6 is 0 Å². The van der Waals surface area contributed by atoms with E-state index in [0.717, 1.165) is 38.3 Å². The number of nitrogens with one attached hydrogen (secondary N) is 1. The first-order valence-corrected chi connectivity index (χ1v) is 12.0. The van der Waals surface area contributed by atoms with Crippen LogP contribution in [0.5, 0.6) is 0 Å². The molecule has 0 spiro atoms. The van der Waals surface area contributed by atoms with Crippen molar-refractivity contribution in [2.75, 3.05) is 42.1 Å². The summed E-state index contributed by atoms with van der Waals surface area (Å²) in [5, 5.41) is 3.02. The van der Waals surface area contributed by atoms with Crippen LogP contribution in [0.3, 0.4) is 0 Å². The first-order chi connectivity index (χ1) is 17.9. The molecule has 0 saturated carbocycles. The third kappa shape index (κ3) is 5.51. The van der Waals surface area contributed by atoms with Crippen LogP contribution in [0.2, 0.25) is 0 Å². The maximum atomic E-state index is 12.9. The van der Waals surface area contributed by atoms with Gasteiger partial charge in [0.1, 0.15) is 12.0 Å². The van der Waals surface area contributed by atoms with Crippen molar-refractivity contribution in [3.63, 3.8) is 0 Å². The third-order valence-electron chi connectivity index (χ3n) is 6.55. The quantitative estimate of drug-likeness (QED) is 0.349. The van der Waals surface area contributed by atoms with E-state index >= 15 is 0 Å². The molecule has 1 fully saturated rings. The topological polar surface area (TPSA) is 70.3 Å². The lowest BCUT2D eigenvalue weighted by molar-refractivity contribution is -0.137. The highest BCUT2D eigenvalue weighted by atomic mass is 19.4. The molecule has 0 aliphatic carbocycles. The SMILES string of the molecule is Nc1c(Nc2ccc(C(F)(F)F)cc2)ncnc1N1CCN(C(c2ccccc2)c2ccccc2)CC1. The Bertz CT molecular complexity index is 1270. The van der Waals surface area contributed by atoms with Gasteiger partial charge in [-0.2, -0.15) is 13.2 Å². The molecule has 5 rings (SSSR count). The van der Waals surface area contributed by atoms with Gasteiger partial charge < -0.3 is 16.0 Å². The number of alkyl halides is 3. The molecular weight excluding hydrogens is 477 g/mol. The molecule has 1 aromatic heterocycles. The second-order valence-corrected chi connectivity index (χ2v) is 8.91. The summed E-state index contributed by atoms with van der Waals surface area (Å²) in [6, 6.07) is 25.8. The van der Waals surface area contributed by atoms with Crippen molar-refractivity contribution in [2.45, 2.75) is 12.2 Å². The van der Waals surface area contributed by atoms with Gasteiger partial charge in [0.2, 0.25) is 0 Å². The van der Waals surface area contributed by atoms with Gasteiger partial charge in [-0.05, 0) is 35.4 Å². The van der Waals surface area contributed by atoms with Crippen LogP contribution in [-0.4, -0.2) is 41.0 Å².